The van der Waals surface area contributed by atoms with Crippen LogP contribution >= 0.6 is 0 Å². The molecule has 0 aliphatic carbocycles. The second-order valence-electron chi connectivity index (χ2n) is 4.00. The molecule has 0 saturated heterocycles. The fraction of sp³-hybridized carbons (Fsp3) is 0.417. The van der Waals surface area contributed by atoms with Crippen LogP contribution in [0.15, 0.2) is 12.1 Å². The van der Waals surface area contributed by atoms with E-state index < -0.39 is 0 Å². The number of benzene rings is 1. The molecule has 0 fully saturated rings. The molecule has 1 rings (SSSR count). The number of phenolic OH excluding ortho intramolecular Hbond substituents is 1. The summed E-state index contributed by atoms with van der Waals surface area (Å²) in [4.78, 5) is 1.99. The highest BCUT2D eigenvalue weighted by atomic mass is 16.3. The number of phenols is 1. The molecule has 0 aromatic heterocycles. The number of nitriles is 1. The Hall–Kier alpha value is -1.53. The molecule has 0 spiro atoms. The van der Waals surface area contributed by atoms with Crippen molar-refractivity contribution in [3.8, 4) is 11.8 Å². The zero-order valence-corrected chi connectivity index (χ0v) is 9.41. The molecular weight excluding hydrogens is 188 g/mol. The van der Waals surface area contributed by atoms with Crippen LogP contribution < -0.4 is 0 Å². The van der Waals surface area contributed by atoms with E-state index in [-0.39, 0.29) is 12.2 Å². The summed E-state index contributed by atoms with van der Waals surface area (Å²) in [5.74, 6) is 0.260. The van der Waals surface area contributed by atoms with Gasteiger partial charge in [0.2, 0.25) is 0 Å². The molecule has 0 bridgehead atoms. The zero-order chi connectivity index (χ0) is 11.4. The van der Waals surface area contributed by atoms with Gasteiger partial charge in [0.15, 0.2) is 0 Å². The van der Waals surface area contributed by atoms with Crippen molar-refractivity contribution in [1.82, 2.24) is 4.90 Å². The summed E-state index contributed by atoms with van der Waals surface area (Å²) in [6, 6.07) is 5.87. The van der Waals surface area contributed by atoms with Gasteiger partial charge in [0.05, 0.1) is 12.5 Å². The highest BCUT2D eigenvalue weighted by Crippen LogP contribution is 2.25. The fourth-order valence-electron chi connectivity index (χ4n) is 1.62. The van der Waals surface area contributed by atoms with E-state index >= 15 is 0 Å². The predicted molar refractivity (Wildman–Crippen MR) is 59.6 cm³/mol. The van der Waals surface area contributed by atoms with Gasteiger partial charge in [0.1, 0.15) is 5.75 Å². The van der Waals surface area contributed by atoms with Gasteiger partial charge in [-0.2, -0.15) is 5.26 Å². The minimum Gasteiger partial charge on any atom is -0.507 e. The van der Waals surface area contributed by atoms with Crippen molar-refractivity contribution in [3.05, 3.63) is 28.8 Å². The molecular formula is C12H16N2O. The number of hydrogen-bond donors (Lipinski definition) is 1. The van der Waals surface area contributed by atoms with E-state index in [1.807, 2.05) is 38.1 Å². The number of rotatable bonds is 3. The lowest BCUT2D eigenvalue weighted by Crippen LogP contribution is -2.11. The molecule has 1 aromatic rings. The van der Waals surface area contributed by atoms with E-state index in [2.05, 4.69) is 6.07 Å². The van der Waals surface area contributed by atoms with Crippen molar-refractivity contribution >= 4 is 0 Å². The molecule has 0 aliphatic heterocycles. The summed E-state index contributed by atoms with van der Waals surface area (Å²) >= 11 is 0. The normalized spacial score (nSPS) is 10.3. The standard InChI is InChI=1S/C12H16N2O/c1-9-6-10(4-5-13)12(15)11(7-9)8-14(2)3/h6-7,15H,4,8H2,1-3H3. The summed E-state index contributed by atoms with van der Waals surface area (Å²) in [5, 5.41) is 18.6. The highest BCUT2D eigenvalue weighted by Gasteiger charge is 2.08. The lowest BCUT2D eigenvalue weighted by Gasteiger charge is -2.14. The monoisotopic (exact) mass is 204 g/mol. The maximum Gasteiger partial charge on any atom is 0.124 e. The zero-order valence-electron chi connectivity index (χ0n) is 9.41. The van der Waals surface area contributed by atoms with Crippen LogP contribution in [0.5, 0.6) is 5.75 Å². The van der Waals surface area contributed by atoms with Gasteiger partial charge in [-0.15, -0.1) is 0 Å². The Morgan fingerprint density at radius 2 is 1.93 bits per heavy atom. The topological polar surface area (TPSA) is 47.3 Å². The van der Waals surface area contributed by atoms with Crippen LogP contribution in [0.1, 0.15) is 16.7 Å². The number of hydrogen-bond acceptors (Lipinski definition) is 3. The van der Waals surface area contributed by atoms with Gasteiger partial charge in [-0.05, 0) is 21.0 Å². The van der Waals surface area contributed by atoms with E-state index in [1.54, 1.807) is 0 Å². The van der Waals surface area contributed by atoms with Crippen molar-refractivity contribution < 1.29 is 5.11 Å². The molecule has 0 aliphatic rings. The molecule has 3 nitrogen and oxygen atoms in total. The third kappa shape index (κ3) is 2.97. The Morgan fingerprint density at radius 1 is 1.33 bits per heavy atom. The second-order valence-corrected chi connectivity index (χ2v) is 4.00. The summed E-state index contributed by atoms with van der Waals surface area (Å²) in [6.45, 7) is 2.66. The smallest absolute Gasteiger partial charge is 0.124 e. The molecule has 0 atom stereocenters. The average Bonchev–Trinajstić information content (AvgIpc) is 2.12. The minimum absolute atomic E-state index is 0.258. The van der Waals surface area contributed by atoms with Gasteiger partial charge in [-0.1, -0.05) is 17.7 Å². The summed E-state index contributed by atoms with van der Waals surface area (Å²) in [6.07, 6.45) is 0.258. The van der Waals surface area contributed by atoms with E-state index in [1.165, 1.54) is 0 Å². The van der Waals surface area contributed by atoms with E-state index in [4.69, 9.17) is 5.26 Å². The fourth-order valence-corrected chi connectivity index (χ4v) is 1.62. The minimum atomic E-state index is 0.258. The van der Waals surface area contributed by atoms with Crippen LogP contribution in [0.4, 0.5) is 0 Å². The largest absolute Gasteiger partial charge is 0.507 e. The molecule has 0 heterocycles. The molecule has 0 unspecified atom stereocenters. The van der Waals surface area contributed by atoms with Crippen molar-refractivity contribution in [3.63, 3.8) is 0 Å². The van der Waals surface area contributed by atoms with Crippen LogP contribution in [0, 0.1) is 18.3 Å². The first-order valence-electron chi connectivity index (χ1n) is 4.87. The number of aromatic hydroxyl groups is 1. The summed E-state index contributed by atoms with van der Waals surface area (Å²) < 4.78 is 0. The Kier molecular flexibility index (Phi) is 3.70. The van der Waals surface area contributed by atoms with Crippen LogP contribution in [0.25, 0.3) is 0 Å². The molecule has 15 heavy (non-hydrogen) atoms. The van der Waals surface area contributed by atoms with E-state index in [9.17, 15) is 5.11 Å². The first-order valence-corrected chi connectivity index (χ1v) is 4.87. The van der Waals surface area contributed by atoms with Gasteiger partial charge in [0.25, 0.3) is 0 Å². The molecule has 0 radical (unpaired) electrons. The van der Waals surface area contributed by atoms with Crippen molar-refractivity contribution in [2.45, 2.75) is 19.9 Å². The first-order chi connectivity index (χ1) is 7.04. The van der Waals surface area contributed by atoms with Gasteiger partial charge in [-0.3, -0.25) is 0 Å². The lowest BCUT2D eigenvalue weighted by atomic mass is 10.0. The second kappa shape index (κ2) is 4.81. The molecule has 1 aromatic carbocycles. The summed E-state index contributed by atoms with van der Waals surface area (Å²) in [5.41, 5.74) is 2.68. The van der Waals surface area contributed by atoms with E-state index in [0.29, 0.717) is 12.1 Å². The molecule has 0 saturated carbocycles. The third-order valence-corrected chi connectivity index (χ3v) is 2.17. The SMILES string of the molecule is Cc1cc(CC#N)c(O)c(CN(C)C)c1. The Balaban J connectivity index is 3.11. The maximum atomic E-state index is 9.92. The Bertz CT molecular complexity index is 391. The predicted octanol–water partition coefficient (Wildman–Crippen LogP) is 1.83. The van der Waals surface area contributed by atoms with Gasteiger partial charge >= 0.3 is 0 Å². The number of aryl methyl sites for hydroxylation is 1. The quantitative estimate of drug-likeness (QED) is 0.817. The molecule has 3 heteroatoms. The lowest BCUT2D eigenvalue weighted by molar-refractivity contribution is 0.384. The Labute approximate surface area is 90.6 Å². The van der Waals surface area contributed by atoms with Gasteiger partial charge in [-0.25, -0.2) is 0 Å². The highest BCUT2D eigenvalue weighted by molar-refractivity contribution is 5.44. The molecule has 0 amide bonds. The van der Waals surface area contributed by atoms with Crippen LogP contribution in [0.3, 0.4) is 0 Å². The molecule has 1 N–H and O–H groups in total. The van der Waals surface area contributed by atoms with Crippen LogP contribution in [-0.4, -0.2) is 24.1 Å². The average molecular weight is 204 g/mol. The van der Waals surface area contributed by atoms with Gasteiger partial charge in [0, 0.05) is 17.7 Å². The van der Waals surface area contributed by atoms with Crippen molar-refractivity contribution in [1.29, 1.82) is 5.26 Å². The third-order valence-electron chi connectivity index (χ3n) is 2.17. The van der Waals surface area contributed by atoms with Crippen LogP contribution in [-0.2, 0) is 13.0 Å². The maximum absolute atomic E-state index is 9.92. The first kappa shape index (κ1) is 11.5. The Morgan fingerprint density at radius 3 is 2.47 bits per heavy atom. The van der Waals surface area contributed by atoms with Gasteiger partial charge < -0.3 is 10.0 Å². The van der Waals surface area contributed by atoms with Crippen LogP contribution in [0.2, 0.25) is 0 Å². The number of nitrogens with zero attached hydrogens (tertiary/aromatic N) is 2. The molecule has 80 valence electrons. The van der Waals surface area contributed by atoms with Crippen molar-refractivity contribution in [2.24, 2.45) is 0 Å². The summed E-state index contributed by atoms with van der Waals surface area (Å²) in [7, 11) is 3.90. The van der Waals surface area contributed by atoms with E-state index in [0.717, 1.165) is 11.1 Å². The van der Waals surface area contributed by atoms with Crippen molar-refractivity contribution in [2.75, 3.05) is 14.1 Å².